The number of ether oxygens (including phenoxy) is 1. The van der Waals surface area contributed by atoms with Gasteiger partial charge in [0.2, 0.25) is 15.8 Å². The Hall–Kier alpha value is -3.91. The molecule has 0 aliphatic carbocycles. The molecule has 0 amide bonds. The zero-order valence-electron chi connectivity index (χ0n) is 21.9. The van der Waals surface area contributed by atoms with E-state index >= 15 is 0 Å². The van der Waals surface area contributed by atoms with Gasteiger partial charge in [0.05, 0.1) is 11.1 Å². The molecule has 1 aromatic carbocycles. The molecule has 1 fully saturated rings. The summed E-state index contributed by atoms with van der Waals surface area (Å²) in [5.74, 6) is -4.57. The van der Waals surface area contributed by atoms with Crippen molar-refractivity contribution in [1.29, 1.82) is 0 Å². The van der Waals surface area contributed by atoms with Gasteiger partial charge in [-0.25, -0.2) is 28.0 Å². The van der Waals surface area contributed by atoms with Gasteiger partial charge >= 0.3 is 18.1 Å². The number of hydrogen-bond acceptors (Lipinski definition) is 9. The summed E-state index contributed by atoms with van der Waals surface area (Å²) in [6, 6.07) is 10.5. The lowest BCUT2D eigenvalue weighted by molar-refractivity contribution is -0.193. The summed E-state index contributed by atoms with van der Waals surface area (Å²) in [5, 5.41) is 0. The first-order valence-electron chi connectivity index (χ1n) is 12.7. The SMILES string of the molecule is Cc1ccc(S(=O)(=O)N2CCC(CCCC(=O)c3ncc(-c4cccc(C(=O)OC(=O)C(F)(F)F)n4)o3)CC2)cc1. The molecule has 0 spiro atoms. The molecular weight excluding hydrogens is 567 g/mol. The fraction of sp³-hybridized carbons (Fsp3) is 0.370. The predicted molar refractivity (Wildman–Crippen MR) is 137 cm³/mol. The third-order valence-corrected chi connectivity index (χ3v) is 8.53. The van der Waals surface area contributed by atoms with E-state index in [1.807, 2.05) is 6.92 Å². The quantitative estimate of drug-likeness (QED) is 0.196. The number of sulfonamides is 1. The van der Waals surface area contributed by atoms with Crippen molar-refractivity contribution in [1.82, 2.24) is 14.3 Å². The second-order valence-corrected chi connectivity index (χ2v) is 11.5. The van der Waals surface area contributed by atoms with Gasteiger partial charge in [-0.05, 0) is 62.8 Å². The van der Waals surface area contributed by atoms with Crippen LogP contribution in [0.4, 0.5) is 13.2 Å². The first-order chi connectivity index (χ1) is 19.3. The molecule has 1 aliphatic heterocycles. The van der Waals surface area contributed by atoms with Crippen molar-refractivity contribution < 1.29 is 45.1 Å². The highest BCUT2D eigenvalue weighted by Crippen LogP contribution is 2.28. The number of piperidine rings is 1. The maximum absolute atomic E-state index is 12.9. The largest absolute Gasteiger partial charge is 0.491 e. The average Bonchev–Trinajstić information content (AvgIpc) is 3.44. The van der Waals surface area contributed by atoms with Crippen molar-refractivity contribution in [3.8, 4) is 11.5 Å². The zero-order valence-corrected chi connectivity index (χ0v) is 22.7. The van der Waals surface area contributed by atoms with E-state index in [9.17, 15) is 36.0 Å². The van der Waals surface area contributed by atoms with Gasteiger partial charge in [0.25, 0.3) is 5.89 Å². The summed E-state index contributed by atoms with van der Waals surface area (Å²) in [5.41, 5.74) is 0.410. The van der Waals surface area contributed by atoms with Crippen molar-refractivity contribution in [2.45, 2.75) is 50.1 Å². The number of carbonyl (C=O) groups excluding carboxylic acids is 3. The molecule has 4 rings (SSSR count). The summed E-state index contributed by atoms with van der Waals surface area (Å²) >= 11 is 0. The van der Waals surface area contributed by atoms with Gasteiger partial charge < -0.3 is 9.15 Å². The van der Waals surface area contributed by atoms with Crippen LogP contribution in [0.25, 0.3) is 11.5 Å². The summed E-state index contributed by atoms with van der Waals surface area (Å²) in [6.07, 6.45) is -1.38. The second kappa shape index (κ2) is 12.3. The highest BCUT2D eigenvalue weighted by molar-refractivity contribution is 7.89. The van der Waals surface area contributed by atoms with Crippen LogP contribution in [0, 0.1) is 12.8 Å². The van der Waals surface area contributed by atoms with Crippen LogP contribution in [0.5, 0.6) is 0 Å². The van der Waals surface area contributed by atoms with Crippen LogP contribution < -0.4 is 0 Å². The number of carbonyl (C=O) groups is 3. The average molecular weight is 594 g/mol. The van der Waals surface area contributed by atoms with E-state index in [1.165, 1.54) is 22.6 Å². The summed E-state index contributed by atoms with van der Waals surface area (Å²) < 4.78 is 73.5. The van der Waals surface area contributed by atoms with Gasteiger partial charge in [0.15, 0.2) is 5.76 Å². The first kappa shape index (κ1) is 30.1. The first-order valence-corrected chi connectivity index (χ1v) is 14.1. The number of halogens is 3. The molecule has 1 saturated heterocycles. The molecule has 218 valence electrons. The summed E-state index contributed by atoms with van der Waals surface area (Å²) in [4.78, 5) is 43.4. The molecule has 2 aromatic heterocycles. The number of pyridine rings is 1. The highest BCUT2D eigenvalue weighted by Gasteiger charge is 2.42. The Morgan fingerprint density at radius 2 is 1.76 bits per heavy atom. The standard InChI is InChI=1S/C27H26F3N3O7S/c1-17-8-10-19(11-9-17)41(37,38)33-14-12-18(13-15-33)4-2-7-22(34)24-31-16-23(39-24)20-5-3-6-21(32-20)25(35)40-26(36)27(28,29)30/h3,5-6,8-11,16,18H,2,4,7,12-15H2,1H3. The van der Waals surface area contributed by atoms with E-state index in [4.69, 9.17) is 4.42 Å². The number of esters is 2. The van der Waals surface area contributed by atoms with Crippen LogP contribution in [-0.4, -0.2) is 59.7 Å². The lowest BCUT2D eigenvalue weighted by atomic mass is 9.92. The summed E-state index contributed by atoms with van der Waals surface area (Å²) in [6.45, 7) is 2.70. The maximum atomic E-state index is 12.9. The van der Waals surface area contributed by atoms with Gasteiger partial charge in [0, 0.05) is 19.5 Å². The van der Waals surface area contributed by atoms with Crippen molar-refractivity contribution in [2.24, 2.45) is 5.92 Å². The number of oxazole rings is 1. The van der Waals surface area contributed by atoms with E-state index in [0.29, 0.717) is 32.4 Å². The van der Waals surface area contributed by atoms with Gasteiger partial charge in [-0.15, -0.1) is 0 Å². The van der Waals surface area contributed by atoms with Crippen LogP contribution in [0.1, 0.15) is 58.8 Å². The lowest BCUT2D eigenvalue weighted by Crippen LogP contribution is -2.38. The molecule has 0 bridgehead atoms. The van der Waals surface area contributed by atoms with Crippen molar-refractivity contribution in [3.63, 3.8) is 0 Å². The number of hydrogen-bond donors (Lipinski definition) is 0. The van der Waals surface area contributed by atoms with Crippen molar-refractivity contribution >= 4 is 27.7 Å². The van der Waals surface area contributed by atoms with Gasteiger partial charge in [0.1, 0.15) is 11.4 Å². The van der Waals surface area contributed by atoms with E-state index in [-0.39, 0.29) is 40.4 Å². The van der Waals surface area contributed by atoms with Crippen LogP contribution in [-0.2, 0) is 19.6 Å². The normalized spacial score (nSPS) is 15.0. The Morgan fingerprint density at radius 1 is 1.07 bits per heavy atom. The minimum atomic E-state index is -5.34. The number of benzene rings is 1. The fourth-order valence-corrected chi connectivity index (χ4v) is 5.83. The van der Waals surface area contributed by atoms with Crippen LogP contribution in [0.3, 0.4) is 0 Å². The molecule has 0 saturated carbocycles. The molecule has 3 aromatic rings. The number of rotatable bonds is 9. The smallest absolute Gasteiger partial charge is 0.432 e. The number of alkyl halides is 3. The Kier molecular flexibility index (Phi) is 9.02. The second-order valence-electron chi connectivity index (χ2n) is 9.59. The van der Waals surface area contributed by atoms with Crippen LogP contribution >= 0.6 is 0 Å². The Balaban J connectivity index is 1.26. The van der Waals surface area contributed by atoms with Crippen molar-refractivity contribution in [3.05, 3.63) is 65.8 Å². The zero-order chi connectivity index (χ0) is 29.8. The van der Waals surface area contributed by atoms with E-state index in [1.54, 1.807) is 24.3 Å². The van der Waals surface area contributed by atoms with Crippen LogP contribution in [0.2, 0.25) is 0 Å². The summed E-state index contributed by atoms with van der Waals surface area (Å²) in [7, 11) is -3.54. The monoisotopic (exact) mass is 593 g/mol. The molecule has 10 nitrogen and oxygen atoms in total. The third-order valence-electron chi connectivity index (χ3n) is 6.62. The molecule has 3 heterocycles. The van der Waals surface area contributed by atoms with E-state index < -0.39 is 33.8 Å². The minimum Gasteiger partial charge on any atom is -0.432 e. The fourth-order valence-electron chi connectivity index (χ4n) is 4.36. The molecule has 0 atom stereocenters. The molecule has 0 unspecified atom stereocenters. The van der Waals surface area contributed by atoms with Gasteiger partial charge in [-0.1, -0.05) is 23.8 Å². The lowest BCUT2D eigenvalue weighted by Gasteiger charge is -2.31. The maximum Gasteiger partial charge on any atom is 0.491 e. The molecular formula is C27H26F3N3O7S. The number of aryl methyl sites for hydroxylation is 1. The topological polar surface area (TPSA) is 137 Å². The number of aromatic nitrogens is 2. The van der Waals surface area contributed by atoms with Gasteiger partial charge in [-0.3, -0.25) is 4.79 Å². The van der Waals surface area contributed by atoms with E-state index in [0.717, 1.165) is 18.1 Å². The molecule has 1 aliphatic rings. The minimum absolute atomic E-state index is 0.00203. The number of Topliss-reactive ketones (excluding diaryl/α,β-unsaturated/α-hetero) is 1. The van der Waals surface area contributed by atoms with Gasteiger partial charge in [-0.2, -0.15) is 17.5 Å². The third kappa shape index (κ3) is 7.44. The highest BCUT2D eigenvalue weighted by atomic mass is 32.2. The molecule has 41 heavy (non-hydrogen) atoms. The Bertz CT molecular complexity index is 1530. The Morgan fingerprint density at radius 3 is 2.41 bits per heavy atom. The number of nitrogens with zero attached hydrogens (tertiary/aromatic N) is 3. The molecule has 0 N–H and O–H groups in total. The molecule has 0 radical (unpaired) electrons. The predicted octanol–water partition coefficient (Wildman–Crippen LogP) is 4.74. The number of ketones is 1. The molecule has 14 heteroatoms. The van der Waals surface area contributed by atoms with Crippen molar-refractivity contribution in [2.75, 3.05) is 13.1 Å². The Labute approximate surface area is 233 Å². The van der Waals surface area contributed by atoms with E-state index in [2.05, 4.69) is 14.7 Å². The van der Waals surface area contributed by atoms with Crippen LogP contribution in [0.15, 0.2) is 58.0 Å².